The average Bonchev–Trinajstić information content (AvgIpc) is 2.76. The van der Waals surface area contributed by atoms with Gasteiger partial charge in [0.2, 0.25) is 0 Å². The minimum Gasteiger partial charge on any atom is -0.381 e. The fourth-order valence-corrected chi connectivity index (χ4v) is 1.90. The lowest BCUT2D eigenvalue weighted by atomic mass is 10.2. The minimum atomic E-state index is 0.0136. The van der Waals surface area contributed by atoms with Gasteiger partial charge >= 0.3 is 0 Å². The number of hydrogen-bond acceptors (Lipinski definition) is 3. The molecule has 2 rings (SSSR count). The molecule has 1 aromatic heterocycles. The second-order valence-electron chi connectivity index (χ2n) is 5.01. The molecule has 0 aliphatic heterocycles. The molecule has 0 spiro atoms. The molecule has 0 unspecified atom stereocenters. The van der Waals surface area contributed by atoms with E-state index < -0.39 is 0 Å². The number of nitrogens with one attached hydrogen (secondary N) is 1. The summed E-state index contributed by atoms with van der Waals surface area (Å²) in [6.45, 7) is 2.77. The highest BCUT2D eigenvalue weighted by Gasteiger charge is 2.07. The van der Waals surface area contributed by atoms with Gasteiger partial charge in [-0.3, -0.25) is 9.48 Å². The molecule has 0 saturated carbocycles. The van der Waals surface area contributed by atoms with E-state index in [0.29, 0.717) is 5.56 Å². The Morgan fingerprint density at radius 1 is 1.30 bits per heavy atom. The number of carbonyl (C=O) groups excluding carboxylic acids is 1. The Balaban J connectivity index is 2.01. The summed E-state index contributed by atoms with van der Waals surface area (Å²) >= 11 is 0. The smallest absolute Gasteiger partial charge is 0.253 e. The molecule has 1 amide bonds. The van der Waals surface area contributed by atoms with Crippen molar-refractivity contribution >= 4 is 11.6 Å². The molecule has 5 nitrogen and oxygen atoms in total. The molecule has 0 radical (unpaired) electrons. The van der Waals surface area contributed by atoms with Gasteiger partial charge < -0.3 is 10.2 Å². The normalized spacial score (nSPS) is 10.4. The Labute approximate surface area is 119 Å². The SMILES string of the molecule is Cc1c(CNc2ccc(C(=O)N(C)C)cc2)cnn1C. The third-order valence-electron chi connectivity index (χ3n) is 3.36. The molecule has 0 aliphatic carbocycles. The van der Waals surface area contributed by atoms with Crippen LogP contribution in [0.2, 0.25) is 0 Å². The molecule has 0 saturated heterocycles. The Hall–Kier alpha value is -2.30. The first kappa shape index (κ1) is 14.1. The fourth-order valence-electron chi connectivity index (χ4n) is 1.90. The number of hydrogen-bond donors (Lipinski definition) is 1. The highest BCUT2D eigenvalue weighted by atomic mass is 16.2. The van der Waals surface area contributed by atoms with Crippen LogP contribution in [0.15, 0.2) is 30.5 Å². The van der Waals surface area contributed by atoms with Gasteiger partial charge in [-0.15, -0.1) is 0 Å². The molecule has 1 N–H and O–H groups in total. The number of benzene rings is 1. The maximum atomic E-state index is 11.8. The van der Waals surface area contributed by atoms with E-state index in [1.807, 2.05) is 49.1 Å². The van der Waals surface area contributed by atoms with E-state index in [2.05, 4.69) is 10.4 Å². The molecule has 106 valence electrons. The first-order chi connectivity index (χ1) is 9.49. The Bertz CT molecular complexity index is 599. The van der Waals surface area contributed by atoms with E-state index in [1.54, 1.807) is 19.0 Å². The molecule has 0 bridgehead atoms. The van der Waals surface area contributed by atoms with Crippen LogP contribution in [-0.4, -0.2) is 34.7 Å². The summed E-state index contributed by atoms with van der Waals surface area (Å²) < 4.78 is 1.86. The fraction of sp³-hybridized carbons (Fsp3) is 0.333. The van der Waals surface area contributed by atoms with Crippen LogP contribution in [0, 0.1) is 6.92 Å². The third kappa shape index (κ3) is 2.99. The number of amides is 1. The first-order valence-corrected chi connectivity index (χ1v) is 6.52. The molecule has 20 heavy (non-hydrogen) atoms. The number of aryl methyl sites for hydroxylation is 1. The summed E-state index contributed by atoms with van der Waals surface area (Å²) in [5.41, 5.74) is 4.00. The van der Waals surface area contributed by atoms with Crippen molar-refractivity contribution in [3.05, 3.63) is 47.3 Å². The number of rotatable bonds is 4. The molecule has 1 aromatic carbocycles. The summed E-state index contributed by atoms with van der Waals surface area (Å²) in [6.07, 6.45) is 1.87. The highest BCUT2D eigenvalue weighted by molar-refractivity contribution is 5.94. The van der Waals surface area contributed by atoms with Crippen molar-refractivity contribution in [2.75, 3.05) is 19.4 Å². The predicted octanol–water partition coefficient (Wildman–Crippen LogP) is 2.04. The Kier molecular flexibility index (Phi) is 4.08. The number of aromatic nitrogens is 2. The van der Waals surface area contributed by atoms with Gasteiger partial charge in [0, 0.05) is 50.2 Å². The summed E-state index contributed by atoms with van der Waals surface area (Å²) in [7, 11) is 5.43. The second-order valence-corrected chi connectivity index (χ2v) is 5.01. The van der Waals surface area contributed by atoms with E-state index >= 15 is 0 Å². The standard InChI is InChI=1S/C15H20N4O/c1-11-13(10-17-19(11)4)9-16-14-7-5-12(6-8-14)15(20)18(2)3/h5-8,10,16H,9H2,1-4H3. The van der Waals surface area contributed by atoms with Crippen molar-refractivity contribution < 1.29 is 4.79 Å². The van der Waals surface area contributed by atoms with E-state index in [0.717, 1.165) is 17.9 Å². The van der Waals surface area contributed by atoms with Crippen LogP contribution in [0.4, 0.5) is 5.69 Å². The van der Waals surface area contributed by atoms with Gasteiger partial charge in [-0.2, -0.15) is 5.10 Å². The van der Waals surface area contributed by atoms with Crippen LogP contribution in [0.5, 0.6) is 0 Å². The molecular weight excluding hydrogens is 252 g/mol. The minimum absolute atomic E-state index is 0.0136. The zero-order valence-electron chi connectivity index (χ0n) is 12.3. The zero-order valence-corrected chi connectivity index (χ0v) is 12.3. The Morgan fingerprint density at radius 2 is 1.95 bits per heavy atom. The first-order valence-electron chi connectivity index (χ1n) is 6.52. The molecule has 0 fully saturated rings. The van der Waals surface area contributed by atoms with Crippen LogP contribution < -0.4 is 5.32 Å². The summed E-state index contributed by atoms with van der Waals surface area (Å²) in [5.74, 6) is 0.0136. The van der Waals surface area contributed by atoms with Gasteiger partial charge in [0.25, 0.3) is 5.91 Å². The van der Waals surface area contributed by atoms with E-state index in [4.69, 9.17) is 0 Å². The summed E-state index contributed by atoms with van der Waals surface area (Å²) in [6, 6.07) is 7.51. The van der Waals surface area contributed by atoms with E-state index in [1.165, 1.54) is 5.56 Å². The number of anilines is 1. The van der Waals surface area contributed by atoms with Gasteiger partial charge in [0.05, 0.1) is 6.20 Å². The second kappa shape index (κ2) is 5.77. The Morgan fingerprint density at radius 3 is 2.45 bits per heavy atom. The molecular formula is C15H20N4O. The predicted molar refractivity (Wildman–Crippen MR) is 79.7 cm³/mol. The van der Waals surface area contributed by atoms with Gasteiger partial charge in [-0.25, -0.2) is 0 Å². The van der Waals surface area contributed by atoms with Crippen molar-refractivity contribution in [2.45, 2.75) is 13.5 Å². The number of nitrogens with zero attached hydrogens (tertiary/aromatic N) is 3. The van der Waals surface area contributed by atoms with Crippen molar-refractivity contribution in [1.29, 1.82) is 0 Å². The lowest BCUT2D eigenvalue weighted by Gasteiger charge is -2.11. The molecule has 1 heterocycles. The van der Waals surface area contributed by atoms with Crippen LogP contribution in [-0.2, 0) is 13.6 Å². The van der Waals surface area contributed by atoms with Gasteiger partial charge in [-0.05, 0) is 31.2 Å². The van der Waals surface area contributed by atoms with Crippen molar-refractivity contribution in [3.8, 4) is 0 Å². The summed E-state index contributed by atoms with van der Waals surface area (Å²) in [4.78, 5) is 13.3. The monoisotopic (exact) mass is 272 g/mol. The lowest BCUT2D eigenvalue weighted by molar-refractivity contribution is 0.0827. The van der Waals surface area contributed by atoms with Crippen LogP contribution in [0.1, 0.15) is 21.6 Å². The average molecular weight is 272 g/mol. The van der Waals surface area contributed by atoms with Crippen LogP contribution in [0.25, 0.3) is 0 Å². The lowest BCUT2D eigenvalue weighted by Crippen LogP contribution is -2.21. The zero-order chi connectivity index (χ0) is 14.7. The van der Waals surface area contributed by atoms with Gasteiger partial charge in [-0.1, -0.05) is 0 Å². The molecule has 5 heteroatoms. The number of carbonyl (C=O) groups is 1. The maximum absolute atomic E-state index is 11.8. The van der Waals surface area contributed by atoms with Gasteiger partial charge in [0.1, 0.15) is 0 Å². The molecule has 0 atom stereocenters. The van der Waals surface area contributed by atoms with E-state index in [-0.39, 0.29) is 5.91 Å². The molecule has 0 aliphatic rings. The quantitative estimate of drug-likeness (QED) is 0.926. The van der Waals surface area contributed by atoms with Crippen molar-refractivity contribution in [3.63, 3.8) is 0 Å². The van der Waals surface area contributed by atoms with E-state index in [9.17, 15) is 4.79 Å². The van der Waals surface area contributed by atoms with Crippen LogP contribution in [0.3, 0.4) is 0 Å². The topological polar surface area (TPSA) is 50.2 Å². The van der Waals surface area contributed by atoms with Crippen molar-refractivity contribution in [1.82, 2.24) is 14.7 Å². The third-order valence-corrected chi connectivity index (χ3v) is 3.36. The van der Waals surface area contributed by atoms with Crippen molar-refractivity contribution in [2.24, 2.45) is 7.05 Å². The highest BCUT2D eigenvalue weighted by Crippen LogP contribution is 2.13. The molecule has 2 aromatic rings. The maximum Gasteiger partial charge on any atom is 0.253 e. The largest absolute Gasteiger partial charge is 0.381 e. The summed E-state index contributed by atoms with van der Waals surface area (Å²) in [5, 5.41) is 7.54. The van der Waals surface area contributed by atoms with Gasteiger partial charge in [0.15, 0.2) is 0 Å². The van der Waals surface area contributed by atoms with Crippen LogP contribution >= 0.6 is 0 Å².